The molecule has 0 N–H and O–H groups in total. The first-order valence-corrected chi connectivity index (χ1v) is 9.82. The first kappa shape index (κ1) is 15.8. The van der Waals surface area contributed by atoms with Crippen LogP contribution in [0.1, 0.15) is 30.9 Å². The van der Waals surface area contributed by atoms with Crippen LogP contribution < -0.4 is 0 Å². The normalized spacial score (nSPS) is 35.8. The molecular formula is C20H27N3O2. The monoisotopic (exact) mass is 341 g/mol. The molecule has 0 spiro atoms. The Morgan fingerprint density at radius 3 is 2.52 bits per heavy atom. The van der Waals surface area contributed by atoms with Gasteiger partial charge in [0.25, 0.3) is 0 Å². The van der Waals surface area contributed by atoms with Crippen LogP contribution >= 0.6 is 0 Å². The molecule has 4 fully saturated rings. The summed E-state index contributed by atoms with van der Waals surface area (Å²) in [7, 11) is 0. The molecule has 1 aromatic heterocycles. The first-order chi connectivity index (χ1) is 12.3. The van der Waals surface area contributed by atoms with Crippen LogP contribution in [0.25, 0.3) is 0 Å². The van der Waals surface area contributed by atoms with Crippen molar-refractivity contribution < 1.29 is 9.53 Å². The Kier molecular flexibility index (Phi) is 4.01. The second-order valence-electron chi connectivity index (χ2n) is 8.24. The van der Waals surface area contributed by atoms with Crippen molar-refractivity contribution >= 4 is 5.91 Å². The molecule has 2 saturated heterocycles. The molecule has 2 aliphatic heterocycles. The maximum absolute atomic E-state index is 13.5. The summed E-state index contributed by atoms with van der Waals surface area (Å²) in [5, 5.41) is 0. The van der Waals surface area contributed by atoms with Crippen molar-refractivity contribution in [2.24, 2.45) is 23.7 Å². The number of fused-ring (bicyclic) bond motifs is 5. The van der Waals surface area contributed by atoms with E-state index in [1.54, 1.807) is 6.20 Å². The van der Waals surface area contributed by atoms with Crippen LogP contribution in [0.15, 0.2) is 24.5 Å². The smallest absolute Gasteiger partial charge is 0.244 e. The summed E-state index contributed by atoms with van der Waals surface area (Å²) in [6.07, 6.45) is 7.85. The lowest BCUT2D eigenvalue weighted by atomic mass is 9.82. The Labute approximate surface area is 149 Å². The van der Waals surface area contributed by atoms with E-state index in [1.165, 1.54) is 19.3 Å². The van der Waals surface area contributed by atoms with Gasteiger partial charge in [-0.05, 0) is 54.6 Å². The molecule has 2 saturated carbocycles. The summed E-state index contributed by atoms with van der Waals surface area (Å²) in [5.41, 5.74) is 1.02. The molecule has 2 aliphatic carbocycles. The molecule has 134 valence electrons. The molecule has 2 bridgehead atoms. The summed E-state index contributed by atoms with van der Waals surface area (Å²) in [5.74, 6) is 3.58. The summed E-state index contributed by atoms with van der Waals surface area (Å²) < 4.78 is 5.51. The SMILES string of the molecule is O=C([C@@H](c1cccnc1)N1CCOCC1)N1C[C@@H]2[C@@H]3CC[C@@H](C3)[C@@H]2C1. The Balaban J connectivity index is 1.38. The molecule has 4 aliphatic rings. The van der Waals surface area contributed by atoms with Gasteiger partial charge in [-0.15, -0.1) is 0 Å². The van der Waals surface area contributed by atoms with Gasteiger partial charge in [0.1, 0.15) is 6.04 Å². The molecule has 0 aromatic carbocycles. The number of rotatable bonds is 3. The highest BCUT2D eigenvalue weighted by Gasteiger charge is 2.53. The highest BCUT2D eigenvalue weighted by Crippen LogP contribution is 2.55. The third-order valence-corrected chi connectivity index (χ3v) is 7.09. The van der Waals surface area contributed by atoms with Crippen LogP contribution in [0.2, 0.25) is 0 Å². The van der Waals surface area contributed by atoms with Gasteiger partial charge >= 0.3 is 0 Å². The van der Waals surface area contributed by atoms with Crippen LogP contribution in [-0.2, 0) is 9.53 Å². The second kappa shape index (κ2) is 6.36. The summed E-state index contributed by atoms with van der Waals surface area (Å²) in [4.78, 5) is 22.3. The van der Waals surface area contributed by atoms with E-state index < -0.39 is 0 Å². The fourth-order valence-corrected chi connectivity index (χ4v) is 5.92. The van der Waals surface area contributed by atoms with E-state index >= 15 is 0 Å². The molecule has 0 unspecified atom stereocenters. The largest absolute Gasteiger partial charge is 0.379 e. The topological polar surface area (TPSA) is 45.7 Å². The number of hydrogen-bond donors (Lipinski definition) is 0. The predicted molar refractivity (Wildman–Crippen MR) is 93.8 cm³/mol. The van der Waals surface area contributed by atoms with Crippen molar-refractivity contribution in [1.82, 2.24) is 14.8 Å². The highest BCUT2D eigenvalue weighted by molar-refractivity contribution is 5.83. The predicted octanol–water partition coefficient (Wildman–Crippen LogP) is 1.96. The third-order valence-electron chi connectivity index (χ3n) is 7.09. The Morgan fingerprint density at radius 1 is 1.16 bits per heavy atom. The van der Waals surface area contributed by atoms with Gasteiger partial charge in [0.15, 0.2) is 0 Å². The van der Waals surface area contributed by atoms with Crippen LogP contribution in [0.3, 0.4) is 0 Å². The van der Waals surface area contributed by atoms with Crippen molar-refractivity contribution in [3.63, 3.8) is 0 Å². The second-order valence-corrected chi connectivity index (χ2v) is 8.24. The molecule has 5 rings (SSSR count). The maximum Gasteiger partial charge on any atom is 0.244 e. The van der Waals surface area contributed by atoms with E-state index in [2.05, 4.69) is 14.8 Å². The number of likely N-dealkylation sites (tertiary alicyclic amines) is 1. The van der Waals surface area contributed by atoms with Gasteiger partial charge in [0.2, 0.25) is 5.91 Å². The molecular weight excluding hydrogens is 314 g/mol. The number of hydrogen-bond acceptors (Lipinski definition) is 4. The van der Waals surface area contributed by atoms with Crippen molar-refractivity contribution in [3.05, 3.63) is 30.1 Å². The zero-order valence-electron chi connectivity index (χ0n) is 14.7. The molecule has 5 atom stereocenters. The number of carbonyl (C=O) groups excluding carboxylic acids is 1. The fourth-order valence-electron chi connectivity index (χ4n) is 5.92. The molecule has 1 aromatic rings. The summed E-state index contributed by atoms with van der Waals surface area (Å²) in [6.45, 7) is 5.00. The van der Waals surface area contributed by atoms with Crippen LogP contribution in [-0.4, -0.2) is 60.1 Å². The van der Waals surface area contributed by atoms with E-state index in [1.807, 2.05) is 18.3 Å². The Bertz CT molecular complexity index is 613. The lowest BCUT2D eigenvalue weighted by Gasteiger charge is -2.36. The first-order valence-electron chi connectivity index (χ1n) is 9.82. The summed E-state index contributed by atoms with van der Waals surface area (Å²) >= 11 is 0. The van der Waals surface area contributed by atoms with Crippen LogP contribution in [0, 0.1) is 23.7 Å². The number of morpholine rings is 1. The number of ether oxygens (including phenoxy) is 1. The average molecular weight is 341 g/mol. The fraction of sp³-hybridized carbons (Fsp3) is 0.700. The third kappa shape index (κ3) is 2.68. The molecule has 5 nitrogen and oxygen atoms in total. The van der Waals surface area contributed by atoms with Gasteiger partial charge < -0.3 is 9.64 Å². The maximum atomic E-state index is 13.5. The van der Waals surface area contributed by atoms with Gasteiger partial charge in [-0.25, -0.2) is 0 Å². The van der Waals surface area contributed by atoms with Crippen molar-refractivity contribution in [2.75, 3.05) is 39.4 Å². The van der Waals surface area contributed by atoms with Gasteiger partial charge in [0.05, 0.1) is 13.2 Å². The summed E-state index contributed by atoms with van der Waals surface area (Å²) in [6, 6.07) is 3.79. The van der Waals surface area contributed by atoms with Gasteiger partial charge in [-0.3, -0.25) is 14.7 Å². The lowest BCUT2D eigenvalue weighted by molar-refractivity contribution is -0.138. The average Bonchev–Trinajstić information content (AvgIpc) is 3.37. The van der Waals surface area contributed by atoms with Crippen LogP contribution in [0.4, 0.5) is 0 Å². The van der Waals surface area contributed by atoms with Crippen molar-refractivity contribution in [3.8, 4) is 0 Å². The quantitative estimate of drug-likeness (QED) is 0.843. The zero-order valence-corrected chi connectivity index (χ0v) is 14.7. The molecule has 5 heteroatoms. The van der Waals surface area contributed by atoms with Gasteiger partial charge in [-0.1, -0.05) is 6.07 Å². The molecule has 3 heterocycles. The Hall–Kier alpha value is -1.46. The lowest BCUT2D eigenvalue weighted by Crippen LogP contribution is -2.47. The van der Waals surface area contributed by atoms with Crippen LogP contribution in [0.5, 0.6) is 0 Å². The number of pyridine rings is 1. The minimum absolute atomic E-state index is 0.200. The van der Waals surface area contributed by atoms with E-state index in [-0.39, 0.29) is 11.9 Å². The van der Waals surface area contributed by atoms with E-state index in [9.17, 15) is 4.79 Å². The number of aromatic nitrogens is 1. The number of amides is 1. The standard InChI is InChI=1S/C20H27N3O2/c24-20(23-12-17-14-3-4-15(10-14)18(17)13-23)19(16-2-1-5-21-11-16)22-6-8-25-9-7-22/h1-2,5,11,14-15,17-19H,3-4,6-10,12-13H2/t14-,15+,17-,18+,19-/m1/s1. The number of carbonyl (C=O) groups is 1. The highest BCUT2D eigenvalue weighted by atomic mass is 16.5. The van der Waals surface area contributed by atoms with Crippen molar-refractivity contribution in [1.29, 1.82) is 0 Å². The minimum Gasteiger partial charge on any atom is -0.379 e. The molecule has 0 radical (unpaired) electrons. The van der Waals surface area contributed by atoms with Gasteiger partial charge in [-0.2, -0.15) is 0 Å². The van der Waals surface area contributed by atoms with Crippen molar-refractivity contribution in [2.45, 2.75) is 25.3 Å². The Morgan fingerprint density at radius 2 is 1.88 bits per heavy atom. The molecule has 25 heavy (non-hydrogen) atoms. The number of nitrogens with zero attached hydrogens (tertiary/aromatic N) is 3. The van der Waals surface area contributed by atoms with E-state index in [0.29, 0.717) is 13.2 Å². The zero-order chi connectivity index (χ0) is 16.8. The minimum atomic E-state index is -0.200. The van der Waals surface area contributed by atoms with E-state index in [4.69, 9.17) is 4.74 Å². The van der Waals surface area contributed by atoms with E-state index in [0.717, 1.165) is 55.4 Å². The van der Waals surface area contributed by atoms with Gasteiger partial charge in [0, 0.05) is 38.6 Å². The molecule has 1 amide bonds.